The number of rotatable bonds is 9. The summed E-state index contributed by atoms with van der Waals surface area (Å²) in [5, 5.41) is 5.83. The van der Waals surface area contributed by atoms with E-state index >= 15 is 0 Å². The number of carbonyl (C=O) groups is 1. The van der Waals surface area contributed by atoms with Crippen molar-refractivity contribution in [1.82, 2.24) is 24.3 Å². The first-order chi connectivity index (χ1) is 19.6. The van der Waals surface area contributed by atoms with Crippen molar-refractivity contribution in [3.05, 3.63) is 95.3 Å². The van der Waals surface area contributed by atoms with Crippen molar-refractivity contribution >= 4 is 49.9 Å². The maximum Gasteiger partial charge on any atom is 0.246 e. The summed E-state index contributed by atoms with van der Waals surface area (Å²) in [6, 6.07) is 19.1. The van der Waals surface area contributed by atoms with Crippen molar-refractivity contribution in [3.8, 4) is 0 Å². The molecule has 8 heteroatoms. The summed E-state index contributed by atoms with van der Waals surface area (Å²) in [4.78, 5) is 28.5. The minimum atomic E-state index is 0.0761. The molecule has 40 heavy (non-hydrogen) atoms. The number of anilines is 2. The fourth-order valence-electron chi connectivity index (χ4n) is 5.43. The van der Waals surface area contributed by atoms with Crippen LogP contribution in [0.5, 0.6) is 0 Å². The molecule has 4 heterocycles. The predicted octanol–water partition coefficient (Wildman–Crippen LogP) is 6.22. The van der Waals surface area contributed by atoms with Gasteiger partial charge in [0.25, 0.3) is 0 Å². The highest BCUT2D eigenvalue weighted by Gasteiger charge is 2.25. The molecule has 0 fully saturated rings. The van der Waals surface area contributed by atoms with Gasteiger partial charge < -0.3 is 19.7 Å². The molecule has 3 aromatic heterocycles. The summed E-state index contributed by atoms with van der Waals surface area (Å²) in [5.74, 6) is 0.900. The van der Waals surface area contributed by atoms with Crippen LogP contribution in [0.2, 0.25) is 0 Å². The molecule has 0 bridgehead atoms. The Kier molecular flexibility index (Phi) is 7.62. The van der Waals surface area contributed by atoms with Crippen molar-refractivity contribution in [2.45, 2.75) is 33.4 Å². The largest absolute Gasteiger partial charge is 0.343 e. The molecule has 6 rings (SSSR count). The Morgan fingerprint density at radius 3 is 2.77 bits per heavy atom. The molecule has 0 spiro atoms. The second-order valence-electron chi connectivity index (χ2n) is 10.1. The molecule has 0 unspecified atom stereocenters. The zero-order chi connectivity index (χ0) is 27.5. The number of hydrogen-bond acceptors (Lipinski definition) is 6. The molecule has 0 atom stereocenters. The summed E-state index contributed by atoms with van der Waals surface area (Å²) >= 11 is 1.67. The fourth-order valence-corrected chi connectivity index (χ4v) is 6.64. The molecule has 0 radical (unpaired) electrons. The van der Waals surface area contributed by atoms with E-state index in [0.717, 1.165) is 54.3 Å². The van der Waals surface area contributed by atoms with E-state index in [0.29, 0.717) is 13.1 Å². The van der Waals surface area contributed by atoms with Gasteiger partial charge in [0.1, 0.15) is 17.0 Å². The molecule has 0 aliphatic carbocycles. The Bertz CT molecular complexity index is 1670. The zero-order valence-corrected chi connectivity index (χ0v) is 23.8. The number of nitrogens with one attached hydrogen (secondary N) is 1. The number of thiophene rings is 1. The number of nitrogens with zero attached hydrogens (tertiary/aromatic N) is 5. The molecule has 0 saturated heterocycles. The van der Waals surface area contributed by atoms with Gasteiger partial charge in [0.15, 0.2) is 0 Å². The third-order valence-electron chi connectivity index (χ3n) is 7.70. The highest BCUT2D eigenvalue weighted by molar-refractivity contribution is 7.19. The lowest BCUT2D eigenvalue weighted by Crippen LogP contribution is -2.34. The minimum Gasteiger partial charge on any atom is -0.343 e. The van der Waals surface area contributed by atoms with E-state index < -0.39 is 0 Å². The molecular formula is C32H34N6OS. The second-order valence-corrected chi connectivity index (χ2v) is 11.2. The normalized spacial score (nSPS) is 13.5. The van der Waals surface area contributed by atoms with Gasteiger partial charge in [-0.25, -0.2) is 9.97 Å². The summed E-state index contributed by atoms with van der Waals surface area (Å²) < 4.78 is 2.28. The standard InChI is InChI=1S/C32H34N6OS/c1-3-36(4-2)16-8-11-29(39)38-18-15-26-28(21-38)40-32-30(26)31(33-22-34-32)35-25-12-13-27-24(19-25)14-17-37(27)20-23-9-6-5-7-10-23/h5-14,17,19,22H,3-4,15-16,18,20-21H2,1-2H3,(H,33,34,35). The number of aromatic nitrogens is 3. The number of fused-ring (bicyclic) bond motifs is 4. The summed E-state index contributed by atoms with van der Waals surface area (Å²) in [5.41, 5.74) is 4.74. The lowest BCUT2D eigenvalue weighted by atomic mass is 10.0. The number of amides is 1. The topological polar surface area (TPSA) is 66.3 Å². The first-order valence-electron chi connectivity index (χ1n) is 14.0. The highest BCUT2D eigenvalue weighted by atomic mass is 32.1. The van der Waals surface area contributed by atoms with Crippen LogP contribution in [0.25, 0.3) is 21.1 Å². The predicted molar refractivity (Wildman–Crippen MR) is 164 cm³/mol. The number of hydrogen-bond donors (Lipinski definition) is 1. The first-order valence-corrected chi connectivity index (χ1v) is 14.8. The zero-order valence-electron chi connectivity index (χ0n) is 23.0. The molecule has 1 N–H and O–H groups in total. The van der Waals surface area contributed by atoms with Gasteiger partial charge in [-0.2, -0.15) is 0 Å². The van der Waals surface area contributed by atoms with Gasteiger partial charge in [0.05, 0.1) is 11.9 Å². The minimum absolute atomic E-state index is 0.0761. The van der Waals surface area contributed by atoms with Gasteiger partial charge >= 0.3 is 0 Å². The Hall–Kier alpha value is -4.01. The number of benzene rings is 2. The van der Waals surface area contributed by atoms with E-state index in [9.17, 15) is 4.79 Å². The van der Waals surface area contributed by atoms with Gasteiger partial charge in [-0.05, 0) is 54.9 Å². The third kappa shape index (κ3) is 5.37. The molecular weight excluding hydrogens is 516 g/mol. The first kappa shape index (κ1) is 26.2. The maximum atomic E-state index is 12.9. The summed E-state index contributed by atoms with van der Waals surface area (Å²) in [7, 11) is 0. The molecule has 204 valence electrons. The van der Waals surface area contributed by atoms with Crippen molar-refractivity contribution in [2.75, 3.05) is 31.5 Å². The Labute approximate surface area is 238 Å². The Balaban J connectivity index is 1.20. The molecule has 2 aromatic carbocycles. The monoisotopic (exact) mass is 550 g/mol. The molecule has 5 aromatic rings. The lowest BCUT2D eigenvalue weighted by Gasteiger charge is -2.26. The number of likely N-dealkylation sites (N-methyl/N-ethyl adjacent to an activating group) is 1. The maximum absolute atomic E-state index is 12.9. The summed E-state index contributed by atoms with van der Waals surface area (Å²) in [6.45, 7) is 9.20. The molecule has 1 aliphatic rings. The quantitative estimate of drug-likeness (QED) is 0.221. The Morgan fingerprint density at radius 2 is 1.95 bits per heavy atom. The van der Waals surface area contributed by atoms with Crippen LogP contribution < -0.4 is 5.32 Å². The van der Waals surface area contributed by atoms with E-state index in [2.05, 4.69) is 93.3 Å². The van der Waals surface area contributed by atoms with E-state index in [1.165, 1.54) is 26.9 Å². The van der Waals surface area contributed by atoms with Gasteiger partial charge in [-0.1, -0.05) is 50.3 Å². The lowest BCUT2D eigenvalue weighted by molar-refractivity contribution is -0.126. The molecule has 7 nitrogen and oxygen atoms in total. The van der Waals surface area contributed by atoms with Crippen molar-refractivity contribution in [3.63, 3.8) is 0 Å². The van der Waals surface area contributed by atoms with Crippen LogP contribution in [0, 0.1) is 0 Å². The third-order valence-corrected chi connectivity index (χ3v) is 8.82. The van der Waals surface area contributed by atoms with Crippen LogP contribution >= 0.6 is 11.3 Å². The van der Waals surface area contributed by atoms with E-state index in [4.69, 9.17) is 0 Å². The van der Waals surface area contributed by atoms with Crippen molar-refractivity contribution in [2.24, 2.45) is 0 Å². The van der Waals surface area contributed by atoms with Crippen LogP contribution in [0.15, 0.2) is 79.3 Å². The van der Waals surface area contributed by atoms with Gasteiger partial charge in [0.2, 0.25) is 5.91 Å². The van der Waals surface area contributed by atoms with Crippen LogP contribution in [-0.4, -0.2) is 56.4 Å². The molecule has 1 amide bonds. The fraction of sp³-hybridized carbons (Fsp3) is 0.281. The van der Waals surface area contributed by atoms with E-state index in [-0.39, 0.29) is 5.91 Å². The molecule has 1 aliphatic heterocycles. The van der Waals surface area contributed by atoms with Crippen LogP contribution in [0.1, 0.15) is 29.9 Å². The van der Waals surface area contributed by atoms with E-state index in [1.54, 1.807) is 23.7 Å². The van der Waals surface area contributed by atoms with Gasteiger partial charge in [-0.3, -0.25) is 4.79 Å². The van der Waals surface area contributed by atoms with E-state index in [1.807, 2.05) is 17.0 Å². The van der Waals surface area contributed by atoms with Crippen LogP contribution in [0.4, 0.5) is 11.5 Å². The second kappa shape index (κ2) is 11.6. The average molecular weight is 551 g/mol. The Morgan fingerprint density at radius 1 is 1.10 bits per heavy atom. The average Bonchev–Trinajstić information content (AvgIpc) is 3.56. The molecule has 0 saturated carbocycles. The smallest absolute Gasteiger partial charge is 0.246 e. The van der Waals surface area contributed by atoms with Crippen LogP contribution in [0.3, 0.4) is 0 Å². The van der Waals surface area contributed by atoms with Gasteiger partial charge in [0, 0.05) is 53.4 Å². The highest BCUT2D eigenvalue weighted by Crippen LogP contribution is 2.38. The van der Waals surface area contributed by atoms with Crippen LogP contribution in [-0.2, 0) is 24.3 Å². The van der Waals surface area contributed by atoms with Crippen molar-refractivity contribution < 1.29 is 4.79 Å². The van der Waals surface area contributed by atoms with Crippen molar-refractivity contribution in [1.29, 1.82) is 0 Å². The van der Waals surface area contributed by atoms with Gasteiger partial charge in [-0.15, -0.1) is 11.3 Å². The number of carbonyl (C=O) groups excluding carboxylic acids is 1. The SMILES string of the molecule is CCN(CC)CC=CC(=O)N1CCc2c(sc3ncnc(Nc4ccc5c(ccn5Cc5ccccc5)c4)c23)C1. The summed E-state index contributed by atoms with van der Waals surface area (Å²) in [6.07, 6.45) is 8.28.